The van der Waals surface area contributed by atoms with Gasteiger partial charge in [-0.1, -0.05) is 56.5 Å². The Bertz CT molecular complexity index is 274. The van der Waals surface area contributed by atoms with Gasteiger partial charge in [0.15, 0.2) is 0 Å². The van der Waals surface area contributed by atoms with Gasteiger partial charge in [0.1, 0.15) is 0 Å². The molecule has 0 aromatic carbocycles. The fourth-order valence-corrected chi connectivity index (χ4v) is 1.08. The summed E-state index contributed by atoms with van der Waals surface area (Å²) < 4.78 is 0. The Balaban J connectivity index is 2.97. The monoisotopic (exact) mass is 158 g/mol. The van der Waals surface area contributed by atoms with Crippen molar-refractivity contribution in [3.05, 3.63) is 60.8 Å². The molecule has 0 N–H and O–H groups in total. The summed E-state index contributed by atoms with van der Waals surface area (Å²) in [5.41, 5.74) is 2.20. The van der Waals surface area contributed by atoms with E-state index in [1.54, 1.807) is 6.08 Å². The molecule has 0 aromatic heterocycles. The van der Waals surface area contributed by atoms with Gasteiger partial charge < -0.3 is 0 Å². The Morgan fingerprint density at radius 1 is 1.33 bits per heavy atom. The van der Waals surface area contributed by atoms with Gasteiger partial charge in [-0.25, -0.2) is 0 Å². The van der Waals surface area contributed by atoms with Crippen LogP contribution in [0, 0.1) is 5.92 Å². The van der Waals surface area contributed by atoms with Crippen LogP contribution in [0.25, 0.3) is 0 Å². The van der Waals surface area contributed by atoms with E-state index in [-0.39, 0.29) is 0 Å². The highest BCUT2D eigenvalue weighted by atomic mass is 14.1. The first kappa shape index (κ1) is 8.79. The number of rotatable bonds is 1. The van der Waals surface area contributed by atoms with E-state index >= 15 is 0 Å². The van der Waals surface area contributed by atoms with Gasteiger partial charge in [-0.15, -0.1) is 0 Å². The molecule has 0 saturated carbocycles. The molecule has 0 radical (unpaired) electrons. The van der Waals surface area contributed by atoms with Crippen molar-refractivity contribution >= 4 is 0 Å². The summed E-state index contributed by atoms with van der Waals surface area (Å²) in [6.07, 6.45) is 12.2. The highest BCUT2D eigenvalue weighted by Crippen LogP contribution is 2.17. The van der Waals surface area contributed by atoms with E-state index in [4.69, 9.17) is 0 Å². The second-order valence-electron chi connectivity index (χ2n) is 2.96. The van der Waals surface area contributed by atoms with E-state index in [2.05, 4.69) is 44.4 Å². The summed E-state index contributed by atoms with van der Waals surface area (Å²) >= 11 is 0. The molecule has 0 aliphatic heterocycles. The molecule has 0 fully saturated rings. The van der Waals surface area contributed by atoms with Crippen molar-refractivity contribution in [2.24, 2.45) is 5.92 Å². The van der Waals surface area contributed by atoms with Crippen LogP contribution in [-0.2, 0) is 0 Å². The summed E-state index contributed by atoms with van der Waals surface area (Å²) in [6.45, 7) is 9.77. The molecule has 0 amide bonds. The van der Waals surface area contributed by atoms with Crippen LogP contribution in [0.1, 0.15) is 6.92 Å². The van der Waals surface area contributed by atoms with E-state index in [1.807, 2.05) is 6.08 Å². The molecule has 1 atom stereocenters. The van der Waals surface area contributed by atoms with Crippen LogP contribution in [0.4, 0.5) is 0 Å². The van der Waals surface area contributed by atoms with Crippen LogP contribution in [0.2, 0.25) is 0 Å². The highest BCUT2D eigenvalue weighted by Gasteiger charge is 2.00. The average molecular weight is 158 g/mol. The number of hydrogen-bond acceptors (Lipinski definition) is 0. The zero-order valence-electron chi connectivity index (χ0n) is 7.46. The molecule has 0 heterocycles. The smallest absolute Gasteiger partial charge is 0.00752 e. The Kier molecular flexibility index (Phi) is 2.87. The molecule has 1 aliphatic carbocycles. The highest BCUT2D eigenvalue weighted by molar-refractivity contribution is 5.48. The van der Waals surface area contributed by atoms with Gasteiger partial charge in [0.2, 0.25) is 0 Å². The SMILES string of the molecule is C=C/C=C1/C=CC(C)C=CC1=C. The van der Waals surface area contributed by atoms with E-state index in [0.29, 0.717) is 5.92 Å². The molecule has 0 saturated heterocycles. The lowest BCUT2D eigenvalue weighted by Crippen LogP contribution is -1.77. The zero-order valence-corrected chi connectivity index (χ0v) is 7.46. The number of allylic oxidation sites excluding steroid dienone is 8. The minimum Gasteiger partial charge on any atom is -0.0990 e. The van der Waals surface area contributed by atoms with Crippen molar-refractivity contribution in [3.8, 4) is 0 Å². The Morgan fingerprint density at radius 3 is 2.67 bits per heavy atom. The molecule has 1 rings (SSSR count). The van der Waals surface area contributed by atoms with Crippen LogP contribution in [-0.4, -0.2) is 0 Å². The van der Waals surface area contributed by atoms with Crippen molar-refractivity contribution < 1.29 is 0 Å². The zero-order chi connectivity index (χ0) is 8.97. The molecule has 1 aliphatic rings. The normalized spacial score (nSPS) is 25.9. The van der Waals surface area contributed by atoms with Crippen molar-refractivity contribution in [3.63, 3.8) is 0 Å². The maximum atomic E-state index is 3.95. The van der Waals surface area contributed by atoms with Gasteiger partial charge in [0, 0.05) is 0 Å². The second-order valence-corrected chi connectivity index (χ2v) is 2.96. The maximum Gasteiger partial charge on any atom is -0.00752 e. The molecule has 0 spiro atoms. The second kappa shape index (κ2) is 3.91. The Labute approximate surface area is 74.3 Å². The molecule has 1 unspecified atom stereocenters. The van der Waals surface area contributed by atoms with E-state index < -0.39 is 0 Å². The third-order valence-corrected chi connectivity index (χ3v) is 1.85. The van der Waals surface area contributed by atoms with E-state index in [0.717, 1.165) is 11.1 Å². The van der Waals surface area contributed by atoms with Crippen LogP contribution in [0.15, 0.2) is 60.8 Å². The largest absolute Gasteiger partial charge is 0.0990 e. The molecule has 0 nitrogen and oxygen atoms in total. The minimum atomic E-state index is 0.498. The third-order valence-electron chi connectivity index (χ3n) is 1.85. The standard InChI is InChI=1S/C12H14/c1-4-5-12-9-7-10(2)6-8-11(12)3/h4-10H,1,3H2,2H3/b12-5-. The predicted octanol–water partition coefficient (Wildman–Crippen LogP) is 3.42. The van der Waals surface area contributed by atoms with Gasteiger partial charge in [-0.3, -0.25) is 0 Å². The van der Waals surface area contributed by atoms with Gasteiger partial charge in [0.05, 0.1) is 0 Å². The van der Waals surface area contributed by atoms with Crippen molar-refractivity contribution in [2.45, 2.75) is 6.92 Å². The third kappa shape index (κ3) is 2.09. The van der Waals surface area contributed by atoms with Gasteiger partial charge >= 0.3 is 0 Å². The summed E-state index contributed by atoms with van der Waals surface area (Å²) in [6, 6.07) is 0. The summed E-state index contributed by atoms with van der Waals surface area (Å²) in [4.78, 5) is 0. The maximum absolute atomic E-state index is 3.95. The quantitative estimate of drug-likeness (QED) is 0.548. The molecular formula is C12H14. The summed E-state index contributed by atoms with van der Waals surface area (Å²) in [5.74, 6) is 0.498. The Morgan fingerprint density at radius 2 is 2.00 bits per heavy atom. The Hall–Kier alpha value is -1.30. The lowest BCUT2D eigenvalue weighted by Gasteiger charge is -1.96. The lowest BCUT2D eigenvalue weighted by molar-refractivity contribution is 0.943. The van der Waals surface area contributed by atoms with E-state index in [1.165, 1.54) is 0 Å². The minimum absolute atomic E-state index is 0.498. The van der Waals surface area contributed by atoms with Crippen molar-refractivity contribution in [2.75, 3.05) is 0 Å². The van der Waals surface area contributed by atoms with Gasteiger partial charge in [0.25, 0.3) is 0 Å². The van der Waals surface area contributed by atoms with Crippen LogP contribution < -0.4 is 0 Å². The fourth-order valence-electron chi connectivity index (χ4n) is 1.08. The molecule has 0 aromatic rings. The number of hydrogen-bond donors (Lipinski definition) is 0. The van der Waals surface area contributed by atoms with Crippen molar-refractivity contribution in [1.82, 2.24) is 0 Å². The molecule has 12 heavy (non-hydrogen) atoms. The predicted molar refractivity (Wildman–Crippen MR) is 54.9 cm³/mol. The molecule has 0 heteroatoms. The first-order valence-corrected chi connectivity index (χ1v) is 4.12. The summed E-state index contributed by atoms with van der Waals surface area (Å²) in [7, 11) is 0. The van der Waals surface area contributed by atoms with Crippen LogP contribution in [0.3, 0.4) is 0 Å². The van der Waals surface area contributed by atoms with Crippen LogP contribution >= 0.6 is 0 Å². The van der Waals surface area contributed by atoms with Crippen molar-refractivity contribution in [1.29, 1.82) is 0 Å². The van der Waals surface area contributed by atoms with Gasteiger partial charge in [-0.2, -0.15) is 0 Å². The first-order valence-electron chi connectivity index (χ1n) is 4.12. The molecule has 0 bridgehead atoms. The lowest BCUT2D eigenvalue weighted by atomic mass is 10.1. The van der Waals surface area contributed by atoms with Crippen LogP contribution in [0.5, 0.6) is 0 Å². The average Bonchev–Trinajstić information content (AvgIpc) is 2.20. The van der Waals surface area contributed by atoms with Gasteiger partial charge in [-0.05, 0) is 17.1 Å². The molecule has 62 valence electrons. The summed E-state index contributed by atoms with van der Waals surface area (Å²) in [5, 5.41) is 0. The topological polar surface area (TPSA) is 0 Å². The van der Waals surface area contributed by atoms with E-state index in [9.17, 15) is 0 Å². The molecular weight excluding hydrogens is 144 g/mol. The first-order chi connectivity index (χ1) is 5.74. The fraction of sp³-hybridized carbons (Fsp3) is 0.167.